The minimum absolute atomic E-state index is 0.0369. The second-order valence-electron chi connectivity index (χ2n) is 7.24. The molecule has 2 aromatic heterocycles. The molecule has 2 saturated heterocycles. The van der Waals surface area contributed by atoms with Crippen molar-refractivity contribution in [3.05, 3.63) is 23.7 Å². The third-order valence-electron chi connectivity index (χ3n) is 5.22. The standard InChI is InChI=1S/C18H22F3N7O/c1-12-15(24-17(27-5-2-6-27)25-16(12)18(19,20)21)13-9-23-28(10-13)11-14(29)26-7-3-22-4-8-26/h9-10,22H,2-8,11H2,1H3. The summed E-state index contributed by atoms with van der Waals surface area (Å²) >= 11 is 0. The van der Waals surface area contributed by atoms with E-state index in [1.807, 2.05) is 0 Å². The summed E-state index contributed by atoms with van der Waals surface area (Å²) in [5.41, 5.74) is -0.357. The molecule has 0 bridgehead atoms. The van der Waals surface area contributed by atoms with E-state index in [0.29, 0.717) is 31.7 Å². The van der Waals surface area contributed by atoms with Gasteiger partial charge in [0.2, 0.25) is 11.9 Å². The molecule has 11 heteroatoms. The SMILES string of the molecule is Cc1c(-c2cnn(CC(=O)N3CCNCC3)c2)nc(N2CCC2)nc1C(F)(F)F. The van der Waals surface area contributed by atoms with Gasteiger partial charge in [0.15, 0.2) is 5.69 Å². The van der Waals surface area contributed by atoms with Gasteiger partial charge in [0.25, 0.3) is 0 Å². The Morgan fingerprint density at radius 3 is 2.52 bits per heavy atom. The predicted molar refractivity (Wildman–Crippen MR) is 99.3 cm³/mol. The largest absolute Gasteiger partial charge is 0.433 e. The first-order valence-corrected chi connectivity index (χ1v) is 9.55. The summed E-state index contributed by atoms with van der Waals surface area (Å²) in [5, 5.41) is 7.35. The molecule has 0 aliphatic carbocycles. The summed E-state index contributed by atoms with van der Waals surface area (Å²) in [6.45, 7) is 5.43. The van der Waals surface area contributed by atoms with E-state index in [4.69, 9.17) is 0 Å². The van der Waals surface area contributed by atoms with Crippen LogP contribution >= 0.6 is 0 Å². The van der Waals surface area contributed by atoms with Crippen LogP contribution in [0.4, 0.5) is 19.1 Å². The molecule has 8 nitrogen and oxygen atoms in total. The number of nitrogens with one attached hydrogen (secondary N) is 1. The number of rotatable bonds is 4. The van der Waals surface area contributed by atoms with Gasteiger partial charge in [-0.25, -0.2) is 9.97 Å². The van der Waals surface area contributed by atoms with Crippen LogP contribution in [0.2, 0.25) is 0 Å². The van der Waals surface area contributed by atoms with Crippen LogP contribution in [0.25, 0.3) is 11.3 Å². The Bertz CT molecular complexity index is 901. The average Bonchev–Trinajstić information content (AvgIpc) is 3.09. The van der Waals surface area contributed by atoms with Gasteiger partial charge < -0.3 is 15.1 Å². The van der Waals surface area contributed by atoms with E-state index in [1.165, 1.54) is 17.8 Å². The molecule has 2 aromatic rings. The van der Waals surface area contributed by atoms with Gasteiger partial charge in [-0.2, -0.15) is 18.3 Å². The molecular formula is C18H22F3N7O. The minimum Gasteiger partial charge on any atom is -0.341 e. The van der Waals surface area contributed by atoms with E-state index in [0.717, 1.165) is 19.5 Å². The van der Waals surface area contributed by atoms with E-state index >= 15 is 0 Å². The fraction of sp³-hybridized carbons (Fsp3) is 0.556. The summed E-state index contributed by atoms with van der Waals surface area (Å²) in [6.07, 6.45) is -0.661. The topological polar surface area (TPSA) is 79.2 Å². The van der Waals surface area contributed by atoms with Crippen LogP contribution in [-0.4, -0.2) is 69.8 Å². The Balaban J connectivity index is 1.61. The number of hydrogen-bond donors (Lipinski definition) is 1. The highest BCUT2D eigenvalue weighted by molar-refractivity contribution is 5.76. The molecule has 1 N–H and O–H groups in total. The molecule has 0 spiro atoms. The normalized spacial score (nSPS) is 17.4. The predicted octanol–water partition coefficient (Wildman–Crippen LogP) is 1.31. The van der Waals surface area contributed by atoms with Gasteiger partial charge in [-0.3, -0.25) is 9.48 Å². The fourth-order valence-electron chi connectivity index (χ4n) is 3.44. The van der Waals surface area contributed by atoms with Crippen molar-refractivity contribution in [2.75, 3.05) is 44.2 Å². The molecule has 0 atom stereocenters. The van der Waals surface area contributed by atoms with Crippen molar-refractivity contribution in [2.45, 2.75) is 26.1 Å². The molecule has 0 saturated carbocycles. The number of carbonyl (C=O) groups is 1. The van der Waals surface area contributed by atoms with Crippen molar-refractivity contribution in [1.82, 2.24) is 30.0 Å². The lowest BCUT2D eigenvalue weighted by molar-refractivity contribution is -0.141. The fourth-order valence-corrected chi connectivity index (χ4v) is 3.44. The molecule has 0 aromatic carbocycles. The Labute approximate surface area is 165 Å². The highest BCUT2D eigenvalue weighted by Gasteiger charge is 2.37. The van der Waals surface area contributed by atoms with Crippen molar-refractivity contribution >= 4 is 11.9 Å². The first-order valence-electron chi connectivity index (χ1n) is 9.55. The van der Waals surface area contributed by atoms with Crippen LogP contribution in [-0.2, 0) is 17.5 Å². The number of hydrogen-bond acceptors (Lipinski definition) is 6. The molecule has 0 radical (unpaired) electrons. The van der Waals surface area contributed by atoms with Crippen molar-refractivity contribution in [2.24, 2.45) is 0 Å². The quantitative estimate of drug-likeness (QED) is 0.821. The Morgan fingerprint density at radius 2 is 1.90 bits per heavy atom. The molecule has 4 heterocycles. The number of nitrogens with zero attached hydrogens (tertiary/aromatic N) is 6. The highest BCUT2D eigenvalue weighted by atomic mass is 19.4. The summed E-state index contributed by atoms with van der Waals surface area (Å²) in [7, 11) is 0. The molecule has 2 aliphatic heterocycles. The number of alkyl halides is 3. The number of halogens is 3. The summed E-state index contributed by atoms with van der Waals surface area (Å²) in [5.74, 6) is 0.00614. The maximum absolute atomic E-state index is 13.5. The average molecular weight is 409 g/mol. The van der Waals surface area contributed by atoms with Crippen LogP contribution in [0.3, 0.4) is 0 Å². The van der Waals surface area contributed by atoms with Crippen LogP contribution in [0.15, 0.2) is 12.4 Å². The highest BCUT2D eigenvalue weighted by Crippen LogP contribution is 2.36. The molecule has 156 valence electrons. The van der Waals surface area contributed by atoms with Gasteiger partial charge in [0, 0.05) is 56.6 Å². The zero-order valence-corrected chi connectivity index (χ0v) is 16.0. The van der Waals surface area contributed by atoms with Crippen molar-refractivity contribution in [3.8, 4) is 11.3 Å². The van der Waals surface area contributed by atoms with Gasteiger partial charge in [0.1, 0.15) is 6.54 Å². The Morgan fingerprint density at radius 1 is 1.17 bits per heavy atom. The molecular weight excluding hydrogens is 387 g/mol. The third kappa shape index (κ3) is 4.04. The van der Waals surface area contributed by atoms with E-state index in [-0.39, 0.29) is 29.7 Å². The summed E-state index contributed by atoms with van der Waals surface area (Å²) < 4.78 is 42.0. The minimum atomic E-state index is -4.57. The van der Waals surface area contributed by atoms with E-state index in [1.54, 1.807) is 16.0 Å². The maximum atomic E-state index is 13.5. The second-order valence-corrected chi connectivity index (χ2v) is 7.24. The number of anilines is 1. The molecule has 29 heavy (non-hydrogen) atoms. The van der Waals surface area contributed by atoms with Crippen LogP contribution in [0.1, 0.15) is 17.7 Å². The van der Waals surface area contributed by atoms with E-state index < -0.39 is 11.9 Å². The number of piperazine rings is 1. The molecule has 1 amide bonds. The third-order valence-corrected chi connectivity index (χ3v) is 5.22. The zero-order chi connectivity index (χ0) is 20.6. The zero-order valence-electron chi connectivity index (χ0n) is 16.0. The molecule has 2 fully saturated rings. The monoisotopic (exact) mass is 409 g/mol. The molecule has 4 rings (SSSR count). The van der Waals surface area contributed by atoms with Gasteiger partial charge in [0.05, 0.1) is 11.9 Å². The van der Waals surface area contributed by atoms with Gasteiger partial charge >= 0.3 is 6.18 Å². The summed E-state index contributed by atoms with van der Waals surface area (Å²) in [4.78, 5) is 24.0. The lowest BCUT2D eigenvalue weighted by atomic mass is 10.1. The second kappa shape index (κ2) is 7.62. The van der Waals surface area contributed by atoms with Gasteiger partial charge in [-0.05, 0) is 13.3 Å². The Kier molecular flexibility index (Phi) is 5.15. The van der Waals surface area contributed by atoms with Crippen LogP contribution < -0.4 is 10.2 Å². The summed E-state index contributed by atoms with van der Waals surface area (Å²) in [6, 6.07) is 0. The van der Waals surface area contributed by atoms with E-state index in [9.17, 15) is 18.0 Å². The molecule has 2 aliphatic rings. The number of amides is 1. The van der Waals surface area contributed by atoms with Crippen molar-refractivity contribution in [1.29, 1.82) is 0 Å². The van der Waals surface area contributed by atoms with Crippen molar-refractivity contribution < 1.29 is 18.0 Å². The Hall–Kier alpha value is -2.69. The maximum Gasteiger partial charge on any atom is 0.433 e. The van der Waals surface area contributed by atoms with Crippen molar-refractivity contribution in [3.63, 3.8) is 0 Å². The van der Waals surface area contributed by atoms with Gasteiger partial charge in [-0.15, -0.1) is 0 Å². The van der Waals surface area contributed by atoms with Crippen LogP contribution in [0.5, 0.6) is 0 Å². The lowest BCUT2D eigenvalue weighted by Gasteiger charge is -2.31. The van der Waals surface area contributed by atoms with Gasteiger partial charge in [-0.1, -0.05) is 0 Å². The number of aromatic nitrogens is 4. The van der Waals surface area contributed by atoms with Crippen LogP contribution in [0, 0.1) is 6.92 Å². The number of carbonyl (C=O) groups excluding carboxylic acids is 1. The first-order chi connectivity index (χ1) is 13.8. The molecule has 0 unspecified atom stereocenters. The lowest BCUT2D eigenvalue weighted by Crippen LogP contribution is -2.47. The smallest absolute Gasteiger partial charge is 0.341 e. The first kappa shape index (κ1) is 19.6. The van der Waals surface area contributed by atoms with E-state index in [2.05, 4.69) is 20.4 Å².